The van der Waals surface area contributed by atoms with E-state index in [1.54, 1.807) is 0 Å². The monoisotopic (exact) mass is 447 g/mol. The topological polar surface area (TPSA) is 193 Å². The van der Waals surface area contributed by atoms with Crippen LogP contribution in [0.25, 0.3) is 22.3 Å². The molecule has 0 saturated carbocycles. The second kappa shape index (κ2) is 8.30. The summed E-state index contributed by atoms with van der Waals surface area (Å²) < 4.78 is 16.5. The molecule has 0 spiro atoms. The Morgan fingerprint density at radius 1 is 0.969 bits per heavy atom. The van der Waals surface area contributed by atoms with Gasteiger partial charge in [0.05, 0.1) is 12.0 Å². The Bertz CT molecular complexity index is 1190. The highest BCUT2D eigenvalue weighted by molar-refractivity contribution is 5.88. The molecule has 2 aromatic carbocycles. The predicted molar refractivity (Wildman–Crippen MR) is 105 cm³/mol. The molecular formula is C21H19O11-. The van der Waals surface area contributed by atoms with Crippen LogP contribution in [0.5, 0.6) is 23.0 Å². The number of hydrogen-bond acceptors (Lipinski definition) is 11. The van der Waals surface area contributed by atoms with Crippen molar-refractivity contribution in [2.24, 2.45) is 0 Å². The predicted octanol–water partition coefficient (Wildman–Crippen LogP) is -0.876. The number of hydrogen-bond donors (Lipinski definition) is 6. The quantitative estimate of drug-likeness (QED) is 0.291. The summed E-state index contributed by atoms with van der Waals surface area (Å²) in [5.74, 6) is -2.12. The average Bonchev–Trinajstić information content (AvgIpc) is 2.75. The maximum Gasteiger partial charge on any atom is 0.234 e. The molecule has 6 N–H and O–H groups in total. The van der Waals surface area contributed by atoms with E-state index in [-0.39, 0.29) is 22.7 Å². The Hall–Kier alpha value is -3.35. The first-order chi connectivity index (χ1) is 15.2. The van der Waals surface area contributed by atoms with Crippen LogP contribution in [0.4, 0.5) is 0 Å². The number of ether oxygens (including phenoxy) is 2. The van der Waals surface area contributed by atoms with Crippen LogP contribution >= 0.6 is 0 Å². The fraction of sp³-hybridized carbons (Fsp3) is 0.286. The number of phenols is 2. The zero-order valence-corrected chi connectivity index (χ0v) is 16.3. The molecule has 11 heteroatoms. The van der Waals surface area contributed by atoms with Gasteiger partial charge in [-0.15, -0.1) is 0 Å². The molecule has 170 valence electrons. The minimum Gasteiger partial charge on any atom is -0.872 e. The van der Waals surface area contributed by atoms with Crippen molar-refractivity contribution in [2.45, 2.75) is 30.7 Å². The maximum atomic E-state index is 13.2. The Morgan fingerprint density at radius 3 is 2.31 bits per heavy atom. The third kappa shape index (κ3) is 3.72. The lowest BCUT2D eigenvalue weighted by atomic mass is 9.99. The Morgan fingerprint density at radius 2 is 1.66 bits per heavy atom. The molecule has 11 nitrogen and oxygen atoms in total. The van der Waals surface area contributed by atoms with Gasteiger partial charge in [0, 0.05) is 11.6 Å². The molecule has 5 atom stereocenters. The number of rotatable bonds is 4. The Balaban J connectivity index is 1.89. The van der Waals surface area contributed by atoms with Gasteiger partial charge in [0.15, 0.2) is 5.76 Å². The maximum absolute atomic E-state index is 13.2. The first-order valence-corrected chi connectivity index (χ1v) is 9.48. The number of fused-ring (bicyclic) bond motifs is 1. The zero-order chi connectivity index (χ0) is 23.2. The van der Waals surface area contributed by atoms with E-state index in [4.69, 9.17) is 13.9 Å². The molecule has 1 aromatic heterocycles. The average molecular weight is 447 g/mol. The van der Waals surface area contributed by atoms with Crippen molar-refractivity contribution in [3.63, 3.8) is 0 Å². The number of aliphatic hydroxyl groups is 4. The first-order valence-electron chi connectivity index (χ1n) is 9.48. The van der Waals surface area contributed by atoms with Crippen LogP contribution < -0.4 is 15.3 Å². The lowest BCUT2D eigenvalue weighted by molar-refractivity contribution is -0.277. The molecule has 2 heterocycles. The molecule has 3 aromatic rings. The number of aliphatic hydroxyl groups excluding tert-OH is 4. The lowest BCUT2D eigenvalue weighted by Gasteiger charge is -2.39. The van der Waals surface area contributed by atoms with E-state index in [1.807, 2.05) is 0 Å². The van der Waals surface area contributed by atoms with Crippen LogP contribution in [-0.4, -0.2) is 68.0 Å². The standard InChI is InChI=1S/C21H20O11/c22-7-13-15(26)17(28)18(29)21(31-13)32-20-16(27)14-11(25)5-10(24)6-12(14)30-19(20)8-1-3-9(23)4-2-8/h1-6,13,15,17-18,21-26,28-29H,7H2/p-1/t13-,15-,17+,18-,21+/m1/s1. The first kappa shape index (κ1) is 21.9. The van der Waals surface area contributed by atoms with E-state index >= 15 is 0 Å². The molecule has 0 amide bonds. The van der Waals surface area contributed by atoms with Crippen molar-refractivity contribution < 1.29 is 49.6 Å². The smallest absolute Gasteiger partial charge is 0.234 e. The molecule has 1 aliphatic rings. The molecule has 0 unspecified atom stereocenters. The molecular weight excluding hydrogens is 428 g/mol. The summed E-state index contributed by atoms with van der Waals surface area (Å²) in [6, 6.07) is 7.27. The van der Waals surface area contributed by atoms with E-state index < -0.39 is 65.4 Å². The van der Waals surface area contributed by atoms with Gasteiger partial charge in [-0.3, -0.25) is 4.79 Å². The van der Waals surface area contributed by atoms with Gasteiger partial charge in [-0.2, -0.15) is 0 Å². The van der Waals surface area contributed by atoms with E-state index in [9.17, 15) is 40.5 Å². The fourth-order valence-electron chi connectivity index (χ4n) is 3.44. The van der Waals surface area contributed by atoms with E-state index in [0.717, 1.165) is 12.1 Å². The second-order valence-corrected chi connectivity index (χ2v) is 7.27. The summed E-state index contributed by atoms with van der Waals surface area (Å²) in [5.41, 5.74) is -0.947. The van der Waals surface area contributed by atoms with Crippen molar-refractivity contribution >= 4 is 11.0 Å². The van der Waals surface area contributed by atoms with Crippen molar-refractivity contribution in [1.29, 1.82) is 0 Å². The minimum absolute atomic E-state index is 0.0761. The molecule has 4 rings (SSSR count). The van der Waals surface area contributed by atoms with Crippen molar-refractivity contribution in [3.05, 3.63) is 46.6 Å². The van der Waals surface area contributed by atoms with Gasteiger partial charge in [0.25, 0.3) is 0 Å². The number of benzene rings is 2. The summed E-state index contributed by atoms with van der Waals surface area (Å²) in [6.45, 7) is -0.716. The molecule has 1 saturated heterocycles. The van der Waals surface area contributed by atoms with Crippen LogP contribution in [0, 0.1) is 0 Å². The normalized spacial score (nSPS) is 25.7. The van der Waals surface area contributed by atoms with Crippen LogP contribution in [-0.2, 0) is 4.74 Å². The minimum atomic E-state index is -1.82. The third-order valence-corrected chi connectivity index (χ3v) is 5.11. The summed E-state index contributed by atoms with van der Waals surface area (Å²) in [7, 11) is 0. The molecule has 0 radical (unpaired) electrons. The number of aromatic hydroxyl groups is 2. The molecule has 1 aliphatic heterocycles. The largest absolute Gasteiger partial charge is 0.872 e. The van der Waals surface area contributed by atoms with Gasteiger partial charge in [-0.1, -0.05) is 5.75 Å². The van der Waals surface area contributed by atoms with Crippen molar-refractivity contribution in [3.8, 4) is 34.3 Å². The summed E-state index contributed by atoms with van der Waals surface area (Å²) in [4.78, 5) is 13.2. The van der Waals surface area contributed by atoms with Crippen LogP contribution in [0.1, 0.15) is 0 Å². The number of phenolic OH excluding ortho intramolecular Hbond substituents is 2. The van der Waals surface area contributed by atoms with Gasteiger partial charge in [0.2, 0.25) is 17.5 Å². The van der Waals surface area contributed by atoms with Gasteiger partial charge >= 0.3 is 0 Å². The highest BCUT2D eigenvalue weighted by atomic mass is 16.7. The van der Waals surface area contributed by atoms with E-state index in [1.165, 1.54) is 24.3 Å². The van der Waals surface area contributed by atoms with Crippen LogP contribution in [0.2, 0.25) is 0 Å². The molecule has 0 bridgehead atoms. The highest BCUT2D eigenvalue weighted by Crippen LogP contribution is 2.36. The van der Waals surface area contributed by atoms with E-state index in [2.05, 4.69) is 0 Å². The van der Waals surface area contributed by atoms with Crippen molar-refractivity contribution in [1.82, 2.24) is 0 Å². The van der Waals surface area contributed by atoms with Gasteiger partial charge in [-0.05, 0) is 30.3 Å². The Labute approximate surface area is 179 Å². The summed E-state index contributed by atoms with van der Waals surface area (Å²) >= 11 is 0. The van der Waals surface area contributed by atoms with Crippen LogP contribution in [0.3, 0.4) is 0 Å². The summed E-state index contributed by atoms with van der Waals surface area (Å²) in [5, 5.41) is 70.7. The fourth-order valence-corrected chi connectivity index (χ4v) is 3.44. The zero-order valence-electron chi connectivity index (χ0n) is 16.3. The van der Waals surface area contributed by atoms with Gasteiger partial charge < -0.3 is 49.6 Å². The molecule has 1 fully saturated rings. The Kier molecular flexibility index (Phi) is 5.67. The third-order valence-electron chi connectivity index (χ3n) is 5.11. The van der Waals surface area contributed by atoms with Crippen LogP contribution in [0.15, 0.2) is 45.6 Å². The van der Waals surface area contributed by atoms with Gasteiger partial charge in [0.1, 0.15) is 41.5 Å². The second-order valence-electron chi connectivity index (χ2n) is 7.27. The highest BCUT2D eigenvalue weighted by Gasteiger charge is 2.45. The van der Waals surface area contributed by atoms with Crippen molar-refractivity contribution in [2.75, 3.05) is 6.61 Å². The lowest BCUT2D eigenvalue weighted by Crippen LogP contribution is -2.60. The van der Waals surface area contributed by atoms with E-state index in [0.29, 0.717) is 0 Å². The SMILES string of the molecule is O=c1c(O[C@@H]2O[C@H](CO)[C@@H](O)[C@H](O)[C@H]2O)c(-c2ccc(O)cc2)oc2cc(O)cc([O-])c12. The summed E-state index contributed by atoms with van der Waals surface area (Å²) in [6.07, 6.45) is -8.23. The molecule has 32 heavy (non-hydrogen) atoms. The van der Waals surface area contributed by atoms with Gasteiger partial charge in [-0.25, -0.2) is 0 Å². The molecule has 0 aliphatic carbocycles.